The zero-order chi connectivity index (χ0) is 22.8. The first-order chi connectivity index (χ1) is 15.4. The van der Waals surface area contributed by atoms with Gasteiger partial charge in [0.25, 0.3) is 5.91 Å². The molecular weight excluding hydrogens is 406 g/mol. The summed E-state index contributed by atoms with van der Waals surface area (Å²) in [6.45, 7) is 7.40. The molecule has 0 saturated heterocycles. The van der Waals surface area contributed by atoms with Crippen molar-refractivity contribution in [2.24, 2.45) is 17.8 Å². The van der Waals surface area contributed by atoms with E-state index in [2.05, 4.69) is 24.1 Å². The number of carbonyl (C=O) groups excluding carboxylic acids is 2. The van der Waals surface area contributed by atoms with Crippen LogP contribution in [0.2, 0.25) is 0 Å². The largest absolute Gasteiger partial charge is 0.491 e. The third-order valence-corrected chi connectivity index (χ3v) is 6.98. The lowest BCUT2D eigenvalue weighted by Crippen LogP contribution is -2.47. The second-order valence-corrected chi connectivity index (χ2v) is 9.97. The summed E-state index contributed by atoms with van der Waals surface area (Å²) < 4.78 is 12.0. The zero-order valence-electron chi connectivity index (χ0n) is 19.8. The molecule has 7 heteroatoms. The molecule has 2 fully saturated rings. The third kappa shape index (κ3) is 5.62. The van der Waals surface area contributed by atoms with Gasteiger partial charge in [-0.3, -0.25) is 14.5 Å². The van der Waals surface area contributed by atoms with Crippen LogP contribution in [0.3, 0.4) is 0 Å². The van der Waals surface area contributed by atoms with E-state index in [9.17, 15) is 9.59 Å². The molecule has 3 atom stereocenters. The Bertz CT molecular complexity index is 836. The number of fused-ring (bicyclic) bond motifs is 1. The van der Waals surface area contributed by atoms with Gasteiger partial charge in [-0.2, -0.15) is 0 Å². The average Bonchev–Trinajstić information content (AvgIpc) is 3.68. The number of likely N-dealkylation sites (N-methyl/N-ethyl adjacent to an activating group) is 1. The van der Waals surface area contributed by atoms with Crippen LogP contribution in [-0.4, -0.2) is 74.2 Å². The van der Waals surface area contributed by atoms with Gasteiger partial charge in [0.15, 0.2) is 0 Å². The van der Waals surface area contributed by atoms with Crippen molar-refractivity contribution in [2.75, 3.05) is 45.7 Å². The van der Waals surface area contributed by atoms with Gasteiger partial charge in [0.1, 0.15) is 12.4 Å². The summed E-state index contributed by atoms with van der Waals surface area (Å²) in [6, 6.07) is 5.61. The molecular formula is C25H37N3O4. The maximum absolute atomic E-state index is 13.4. The average molecular weight is 444 g/mol. The molecule has 1 N–H and O–H groups in total. The fourth-order valence-corrected chi connectivity index (χ4v) is 4.41. The van der Waals surface area contributed by atoms with Crippen LogP contribution in [-0.2, 0) is 9.53 Å². The van der Waals surface area contributed by atoms with Crippen LogP contribution in [0.4, 0.5) is 5.69 Å². The summed E-state index contributed by atoms with van der Waals surface area (Å²) in [5, 5.41) is 2.95. The lowest BCUT2D eigenvalue weighted by molar-refractivity contribution is -0.117. The molecule has 2 aliphatic carbocycles. The molecule has 0 unspecified atom stereocenters. The number of hydrogen-bond donors (Lipinski definition) is 1. The molecule has 2 saturated carbocycles. The van der Waals surface area contributed by atoms with Crippen molar-refractivity contribution in [3.63, 3.8) is 0 Å². The smallest absolute Gasteiger partial charge is 0.257 e. The van der Waals surface area contributed by atoms with Crippen LogP contribution in [0.1, 0.15) is 49.9 Å². The molecule has 0 bridgehead atoms. The molecule has 32 heavy (non-hydrogen) atoms. The van der Waals surface area contributed by atoms with Gasteiger partial charge >= 0.3 is 0 Å². The Morgan fingerprint density at radius 1 is 1.19 bits per heavy atom. The summed E-state index contributed by atoms with van der Waals surface area (Å²) in [6.07, 6.45) is 4.43. The first kappa shape index (κ1) is 23.1. The molecule has 0 aromatic heterocycles. The summed E-state index contributed by atoms with van der Waals surface area (Å²) in [4.78, 5) is 29.8. The van der Waals surface area contributed by atoms with E-state index in [1.165, 1.54) is 12.8 Å². The maximum Gasteiger partial charge on any atom is 0.257 e. The van der Waals surface area contributed by atoms with E-state index in [0.29, 0.717) is 30.2 Å². The van der Waals surface area contributed by atoms with Crippen molar-refractivity contribution in [3.8, 4) is 5.75 Å². The quantitative estimate of drug-likeness (QED) is 0.756. The molecule has 2 amide bonds. The number of carbonyl (C=O) groups is 2. The van der Waals surface area contributed by atoms with Gasteiger partial charge in [0.2, 0.25) is 5.91 Å². The maximum atomic E-state index is 13.4. The minimum absolute atomic E-state index is 0.0254. The Hall–Kier alpha value is -2.12. The highest BCUT2D eigenvalue weighted by Crippen LogP contribution is 2.33. The Morgan fingerprint density at radius 3 is 2.59 bits per heavy atom. The van der Waals surface area contributed by atoms with Gasteiger partial charge < -0.3 is 19.7 Å². The third-order valence-electron chi connectivity index (χ3n) is 6.98. The van der Waals surface area contributed by atoms with Gasteiger partial charge in [-0.05, 0) is 62.6 Å². The monoisotopic (exact) mass is 443 g/mol. The molecule has 7 nitrogen and oxygen atoms in total. The van der Waals surface area contributed by atoms with Crippen LogP contribution < -0.4 is 10.1 Å². The molecule has 0 radical (unpaired) electrons. The normalized spacial score (nSPS) is 27.7. The summed E-state index contributed by atoms with van der Waals surface area (Å²) in [5.41, 5.74) is 1.11. The number of amides is 2. The number of nitrogens with one attached hydrogen (secondary N) is 1. The van der Waals surface area contributed by atoms with E-state index >= 15 is 0 Å². The van der Waals surface area contributed by atoms with Crippen molar-refractivity contribution in [1.82, 2.24) is 9.80 Å². The van der Waals surface area contributed by atoms with Crippen molar-refractivity contribution >= 4 is 17.5 Å². The number of hydrogen-bond acceptors (Lipinski definition) is 5. The highest BCUT2D eigenvalue weighted by Gasteiger charge is 2.32. The molecule has 1 aromatic carbocycles. The summed E-state index contributed by atoms with van der Waals surface area (Å²) in [7, 11) is 3.53. The van der Waals surface area contributed by atoms with E-state index in [1.807, 2.05) is 12.1 Å². The highest BCUT2D eigenvalue weighted by molar-refractivity contribution is 6.00. The zero-order valence-corrected chi connectivity index (χ0v) is 19.8. The van der Waals surface area contributed by atoms with Crippen molar-refractivity contribution < 1.29 is 19.1 Å². The van der Waals surface area contributed by atoms with Gasteiger partial charge in [0, 0.05) is 51.4 Å². The van der Waals surface area contributed by atoms with Crippen LogP contribution in [0, 0.1) is 17.8 Å². The number of benzene rings is 1. The highest BCUT2D eigenvalue weighted by atomic mass is 16.5. The molecule has 4 rings (SSSR count). The molecule has 1 aromatic rings. The van der Waals surface area contributed by atoms with Crippen LogP contribution in [0.25, 0.3) is 0 Å². The van der Waals surface area contributed by atoms with Crippen LogP contribution in [0.5, 0.6) is 5.75 Å². The lowest BCUT2D eigenvalue weighted by Gasteiger charge is -2.36. The van der Waals surface area contributed by atoms with Crippen molar-refractivity contribution in [3.05, 3.63) is 23.8 Å². The molecule has 0 spiro atoms. The van der Waals surface area contributed by atoms with Gasteiger partial charge in [0.05, 0.1) is 11.7 Å². The lowest BCUT2D eigenvalue weighted by atomic mass is 10.0. The van der Waals surface area contributed by atoms with E-state index < -0.39 is 0 Å². The van der Waals surface area contributed by atoms with Crippen molar-refractivity contribution in [2.45, 2.75) is 51.7 Å². The number of anilines is 1. The number of ether oxygens (including phenoxy) is 2. The predicted octanol–water partition coefficient (Wildman–Crippen LogP) is 3.25. The fourth-order valence-electron chi connectivity index (χ4n) is 4.41. The molecule has 1 aliphatic heterocycles. The fraction of sp³-hybridized carbons (Fsp3) is 0.680. The van der Waals surface area contributed by atoms with Crippen molar-refractivity contribution in [1.29, 1.82) is 0 Å². The van der Waals surface area contributed by atoms with Crippen LogP contribution in [0.15, 0.2) is 18.2 Å². The van der Waals surface area contributed by atoms with Crippen LogP contribution >= 0.6 is 0 Å². The molecule has 176 valence electrons. The Kier molecular flexibility index (Phi) is 7.05. The molecule has 3 aliphatic rings. The number of rotatable bonds is 5. The van der Waals surface area contributed by atoms with E-state index in [-0.39, 0.29) is 35.8 Å². The standard InChI is InChI=1S/C25H37N3O4/c1-16-12-28(13-18-5-6-18)17(2)15-32-22-10-9-20(26-24(29)19-7-8-19)11-21(22)25(30)27(3)14-23(16)31-4/h9-11,16-19,23H,5-8,12-15H2,1-4H3,(H,26,29)/t16-,17-,23-/m1/s1. The Balaban J connectivity index is 1.60. The number of methoxy groups -OCH3 is 1. The SMILES string of the molecule is CO[C@@H]1CN(C)C(=O)c2cc(NC(=O)C3CC3)ccc2OC[C@@H](C)N(CC2CC2)C[C@H]1C. The van der Waals surface area contributed by atoms with E-state index in [4.69, 9.17) is 9.47 Å². The first-order valence-electron chi connectivity index (χ1n) is 12.0. The second-order valence-electron chi connectivity index (χ2n) is 9.97. The summed E-state index contributed by atoms with van der Waals surface area (Å²) in [5.74, 6) is 1.63. The Labute approximate surface area is 191 Å². The first-order valence-corrected chi connectivity index (χ1v) is 12.0. The Morgan fingerprint density at radius 2 is 1.94 bits per heavy atom. The van der Waals surface area contributed by atoms with E-state index in [1.54, 1.807) is 25.1 Å². The molecule has 1 heterocycles. The number of nitrogens with zero attached hydrogens (tertiary/aromatic N) is 2. The minimum Gasteiger partial charge on any atom is -0.491 e. The summed E-state index contributed by atoms with van der Waals surface area (Å²) >= 11 is 0. The van der Waals surface area contributed by atoms with Gasteiger partial charge in [-0.15, -0.1) is 0 Å². The van der Waals surface area contributed by atoms with Gasteiger partial charge in [-0.25, -0.2) is 0 Å². The topological polar surface area (TPSA) is 71.1 Å². The second kappa shape index (κ2) is 9.79. The minimum atomic E-state index is -0.125. The predicted molar refractivity (Wildman–Crippen MR) is 124 cm³/mol. The van der Waals surface area contributed by atoms with E-state index in [0.717, 1.165) is 31.8 Å². The van der Waals surface area contributed by atoms with Gasteiger partial charge in [-0.1, -0.05) is 6.92 Å².